The van der Waals surface area contributed by atoms with Crippen molar-refractivity contribution in [2.24, 2.45) is 0 Å². The van der Waals surface area contributed by atoms with Crippen molar-refractivity contribution >= 4 is 29.2 Å². The van der Waals surface area contributed by atoms with Crippen molar-refractivity contribution in [3.8, 4) is 5.69 Å². The van der Waals surface area contributed by atoms with Gasteiger partial charge in [-0.3, -0.25) is 5.32 Å². The Morgan fingerprint density at radius 2 is 1.88 bits per heavy atom. The molecule has 1 atom stereocenters. The van der Waals surface area contributed by atoms with E-state index < -0.39 is 12.1 Å². The number of amides is 2. The summed E-state index contributed by atoms with van der Waals surface area (Å²) in [6, 6.07) is 16.6. The number of anilines is 4. The number of hydrogen-bond donors (Lipinski definition) is 6. The Kier molecular flexibility index (Phi) is 10.6. The van der Waals surface area contributed by atoms with E-state index in [1.54, 1.807) is 23.1 Å². The molecule has 4 aromatic rings. The zero-order chi connectivity index (χ0) is 29.9. The lowest BCUT2D eigenvalue weighted by atomic mass is 10.1. The Balaban J connectivity index is 1.50. The maximum Gasteiger partial charge on any atom is 0.324 e. The number of allylic oxidation sites excluding steroid dienone is 1. The second-order valence-electron chi connectivity index (χ2n) is 10.0. The molecule has 0 saturated carbocycles. The van der Waals surface area contributed by atoms with Crippen molar-refractivity contribution in [3.05, 3.63) is 96.1 Å². The number of benzene rings is 2. The molecule has 4 rings (SSSR count). The number of aryl methyl sites for hydroxylation is 2. The third-order valence-corrected chi connectivity index (χ3v) is 6.47. The SMILES string of the molecule is C=C(Cc1cccc(-n2nc(CCCC)cc2NC(=O)Nc2ccc(C)c(Nc3ncccn3)c2)c1)NCC(O)CO. The van der Waals surface area contributed by atoms with Crippen LogP contribution in [0.1, 0.15) is 36.6 Å². The normalized spacial score (nSPS) is 11.5. The van der Waals surface area contributed by atoms with Gasteiger partial charge in [0.25, 0.3) is 0 Å². The number of nitrogens with zero attached hydrogens (tertiary/aromatic N) is 4. The van der Waals surface area contributed by atoms with Gasteiger partial charge in [0.2, 0.25) is 5.95 Å². The van der Waals surface area contributed by atoms with E-state index in [9.17, 15) is 9.90 Å². The Morgan fingerprint density at radius 3 is 2.64 bits per heavy atom. The molecule has 2 heterocycles. The summed E-state index contributed by atoms with van der Waals surface area (Å²) in [6.45, 7) is 8.02. The molecule has 2 aromatic carbocycles. The van der Waals surface area contributed by atoms with Crippen LogP contribution in [0, 0.1) is 6.92 Å². The van der Waals surface area contributed by atoms with E-state index in [1.807, 2.05) is 55.5 Å². The van der Waals surface area contributed by atoms with Crippen LogP contribution in [0.25, 0.3) is 5.69 Å². The molecule has 0 fully saturated rings. The highest BCUT2D eigenvalue weighted by atomic mass is 16.3. The number of aliphatic hydroxyl groups is 2. The molecular weight excluding hydrogens is 532 g/mol. The summed E-state index contributed by atoms with van der Waals surface area (Å²) in [5.41, 5.74) is 5.73. The first-order chi connectivity index (χ1) is 20.3. The molecule has 0 saturated heterocycles. The molecule has 0 aliphatic rings. The Bertz CT molecular complexity index is 1490. The van der Waals surface area contributed by atoms with Gasteiger partial charge in [-0.1, -0.05) is 38.1 Å². The number of carbonyl (C=O) groups is 1. The summed E-state index contributed by atoms with van der Waals surface area (Å²) in [5, 5.41) is 35.5. The van der Waals surface area contributed by atoms with Crippen molar-refractivity contribution in [1.82, 2.24) is 25.1 Å². The van der Waals surface area contributed by atoms with E-state index in [1.165, 1.54) is 0 Å². The zero-order valence-electron chi connectivity index (χ0n) is 24.0. The number of unbranched alkanes of at least 4 members (excludes halogenated alkanes) is 1. The van der Waals surface area contributed by atoms with Gasteiger partial charge >= 0.3 is 6.03 Å². The number of hydrogen-bond acceptors (Lipinski definition) is 8. The summed E-state index contributed by atoms with van der Waals surface area (Å²) in [6.07, 6.45) is 5.80. The fourth-order valence-electron chi connectivity index (χ4n) is 4.23. The van der Waals surface area contributed by atoms with Crippen molar-refractivity contribution in [1.29, 1.82) is 0 Å². The molecule has 0 aliphatic heterocycles. The molecule has 2 amide bonds. The second-order valence-corrected chi connectivity index (χ2v) is 10.0. The lowest BCUT2D eigenvalue weighted by molar-refractivity contribution is 0.0964. The summed E-state index contributed by atoms with van der Waals surface area (Å²) in [7, 11) is 0. The predicted molar refractivity (Wildman–Crippen MR) is 165 cm³/mol. The average molecular weight is 571 g/mol. The molecule has 11 heteroatoms. The van der Waals surface area contributed by atoms with Crippen molar-refractivity contribution in [2.45, 2.75) is 45.6 Å². The molecule has 0 aliphatic carbocycles. The highest BCUT2D eigenvalue weighted by Gasteiger charge is 2.14. The number of aliphatic hydroxyl groups excluding tert-OH is 2. The molecule has 1 unspecified atom stereocenters. The van der Waals surface area contributed by atoms with E-state index in [0.29, 0.717) is 29.6 Å². The average Bonchev–Trinajstić information content (AvgIpc) is 3.39. The van der Waals surface area contributed by atoms with Gasteiger partial charge in [-0.05, 0) is 61.2 Å². The minimum absolute atomic E-state index is 0.219. The molecule has 220 valence electrons. The van der Waals surface area contributed by atoms with Crippen LogP contribution in [0.2, 0.25) is 0 Å². The van der Waals surface area contributed by atoms with E-state index in [2.05, 4.69) is 44.7 Å². The largest absolute Gasteiger partial charge is 0.394 e. The van der Waals surface area contributed by atoms with Gasteiger partial charge in [-0.2, -0.15) is 5.10 Å². The van der Waals surface area contributed by atoms with Crippen LogP contribution in [-0.4, -0.2) is 55.2 Å². The summed E-state index contributed by atoms with van der Waals surface area (Å²) in [4.78, 5) is 21.6. The summed E-state index contributed by atoms with van der Waals surface area (Å²) in [5.74, 6) is 1.01. The molecule has 6 N–H and O–H groups in total. The smallest absolute Gasteiger partial charge is 0.324 e. The molecular formula is C31H38N8O3. The van der Waals surface area contributed by atoms with Crippen molar-refractivity contribution in [3.63, 3.8) is 0 Å². The highest BCUT2D eigenvalue weighted by Crippen LogP contribution is 2.24. The molecule has 11 nitrogen and oxygen atoms in total. The van der Waals surface area contributed by atoms with Gasteiger partial charge in [0.15, 0.2) is 0 Å². The number of carbonyl (C=O) groups excluding carboxylic acids is 1. The van der Waals surface area contributed by atoms with Crippen LogP contribution in [0.4, 0.5) is 27.9 Å². The molecule has 0 radical (unpaired) electrons. The maximum absolute atomic E-state index is 13.1. The number of aromatic nitrogens is 4. The monoisotopic (exact) mass is 570 g/mol. The van der Waals surface area contributed by atoms with Gasteiger partial charge in [-0.25, -0.2) is 19.4 Å². The highest BCUT2D eigenvalue weighted by molar-refractivity contribution is 5.99. The summed E-state index contributed by atoms with van der Waals surface area (Å²) < 4.78 is 1.73. The van der Waals surface area contributed by atoms with Gasteiger partial charge < -0.3 is 26.2 Å². The molecule has 0 bridgehead atoms. The first-order valence-corrected chi connectivity index (χ1v) is 14.0. The molecule has 2 aromatic heterocycles. The molecule has 42 heavy (non-hydrogen) atoms. The Labute approximate surface area is 245 Å². The third kappa shape index (κ3) is 8.63. The van der Waals surface area contributed by atoms with Gasteiger partial charge in [-0.15, -0.1) is 0 Å². The van der Waals surface area contributed by atoms with Crippen molar-refractivity contribution < 1.29 is 15.0 Å². The quantitative estimate of drug-likeness (QED) is 0.128. The first-order valence-electron chi connectivity index (χ1n) is 14.0. The van der Waals surface area contributed by atoms with Crippen LogP contribution in [-0.2, 0) is 12.8 Å². The lowest BCUT2D eigenvalue weighted by Gasteiger charge is -2.14. The maximum atomic E-state index is 13.1. The van der Waals surface area contributed by atoms with Crippen LogP contribution in [0.15, 0.2) is 79.3 Å². The van der Waals surface area contributed by atoms with Crippen LogP contribution in [0.5, 0.6) is 0 Å². The van der Waals surface area contributed by atoms with Crippen LogP contribution in [0.3, 0.4) is 0 Å². The van der Waals surface area contributed by atoms with Crippen LogP contribution >= 0.6 is 0 Å². The Hall–Kier alpha value is -4.74. The minimum Gasteiger partial charge on any atom is -0.394 e. The van der Waals surface area contributed by atoms with Gasteiger partial charge in [0.05, 0.1) is 24.1 Å². The second kappa shape index (κ2) is 14.8. The topological polar surface area (TPSA) is 149 Å². The zero-order valence-corrected chi connectivity index (χ0v) is 24.0. The third-order valence-electron chi connectivity index (χ3n) is 6.47. The van der Waals surface area contributed by atoms with E-state index in [0.717, 1.165) is 47.5 Å². The Morgan fingerprint density at radius 1 is 1.07 bits per heavy atom. The van der Waals surface area contributed by atoms with E-state index in [-0.39, 0.29) is 13.2 Å². The van der Waals surface area contributed by atoms with Crippen molar-refractivity contribution in [2.75, 3.05) is 29.1 Å². The van der Waals surface area contributed by atoms with Crippen LogP contribution < -0.4 is 21.3 Å². The number of urea groups is 1. The van der Waals surface area contributed by atoms with Gasteiger partial charge in [0, 0.05) is 48.5 Å². The molecule has 0 spiro atoms. The number of nitrogens with one attached hydrogen (secondary N) is 4. The summed E-state index contributed by atoms with van der Waals surface area (Å²) >= 11 is 0. The van der Waals surface area contributed by atoms with E-state index >= 15 is 0 Å². The predicted octanol–water partition coefficient (Wildman–Crippen LogP) is 4.70. The first kappa shape index (κ1) is 30.2. The fourth-order valence-corrected chi connectivity index (χ4v) is 4.23. The minimum atomic E-state index is -0.848. The number of rotatable bonds is 14. The lowest BCUT2D eigenvalue weighted by Crippen LogP contribution is -2.29. The fraction of sp³-hybridized carbons (Fsp3) is 0.290. The van der Waals surface area contributed by atoms with Gasteiger partial charge in [0.1, 0.15) is 5.82 Å². The standard InChI is InChI=1S/C31H38N8O3/c1-4-5-9-25-18-29(39(38-25)26-10-6-8-23(16-26)15-22(3)34-19-27(41)20-40)37-31(42)35-24-12-11-21(2)28(17-24)36-30-32-13-7-14-33-30/h6-8,10-14,16-18,27,34,40-41H,3-5,9,15,19-20H2,1-2H3,(H,32,33,36)(H2,35,37,42). The van der Waals surface area contributed by atoms with E-state index in [4.69, 9.17) is 10.2 Å².